The van der Waals surface area contributed by atoms with E-state index in [0.717, 1.165) is 22.9 Å². The highest BCUT2D eigenvalue weighted by atomic mass is 79.9. The molecule has 6 nitrogen and oxygen atoms in total. The molecule has 0 aliphatic carbocycles. The van der Waals surface area contributed by atoms with Gasteiger partial charge in [-0.15, -0.1) is 0 Å². The van der Waals surface area contributed by atoms with E-state index in [0.29, 0.717) is 24.4 Å². The fraction of sp³-hybridized carbons (Fsp3) is 0.316. The minimum atomic E-state index is -3.82. The third-order valence-electron chi connectivity index (χ3n) is 4.81. The third-order valence-corrected chi connectivity index (χ3v) is 7.12. The molecule has 0 aromatic heterocycles. The van der Waals surface area contributed by atoms with Gasteiger partial charge in [-0.25, -0.2) is 8.42 Å². The summed E-state index contributed by atoms with van der Waals surface area (Å²) in [5, 5.41) is 2.80. The van der Waals surface area contributed by atoms with Crippen LogP contribution in [0.5, 0.6) is 0 Å². The Kier molecular flexibility index (Phi) is 4.96. The average molecular weight is 451 g/mol. The molecular formula is C19H19BrN2O4S. The molecular weight excluding hydrogens is 432 g/mol. The Bertz CT molecular complexity index is 987. The summed E-state index contributed by atoms with van der Waals surface area (Å²) in [6.07, 6.45) is 1.91. The van der Waals surface area contributed by atoms with Gasteiger partial charge in [0.05, 0.1) is 16.7 Å². The van der Waals surface area contributed by atoms with Crippen molar-refractivity contribution < 1.29 is 17.9 Å². The van der Waals surface area contributed by atoms with Crippen LogP contribution in [0.3, 0.4) is 0 Å². The molecule has 1 saturated heterocycles. The van der Waals surface area contributed by atoms with Crippen molar-refractivity contribution >= 4 is 37.5 Å². The Labute approximate surface area is 166 Å². The van der Waals surface area contributed by atoms with E-state index < -0.39 is 10.0 Å². The summed E-state index contributed by atoms with van der Waals surface area (Å²) in [6.45, 7) is 0.842. The number of anilines is 1. The first-order valence-electron chi connectivity index (χ1n) is 8.77. The van der Waals surface area contributed by atoms with Gasteiger partial charge < -0.3 is 10.1 Å². The SMILES string of the molecule is O=C(CN1c2ccc(Br)cc2-c2ccccc2S1(=O)=O)NCC1CCCO1. The van der Waals surface area contributed by atoms with Crippen LogP contribution in [0.1, 0.15) is 12.8 Å². The lowest BCUT2D eigenvalue weighted by Crippen LogP contribution is -2.44. The summed E-state index contributed by atoms with van der Waals surface area (Å²) in [5.41, 5.74) is 1.93. The van der Waals surface area contributed by atoms with Crippen molar-refractivity contribution in [3.63, 3.8) is 0 Å². The molecule has 2 aromatic carbocycles. The average Bonchev–Trinajstić information content (AvgIpc) is 3.17. The highest BCUT2D eigenvalue weighted by Crippen LogP contribution is 2.43. The van der Waals surface area contributed by atoms with Crippen LogP contribution in [0.25, 0.3) is 11.1 Å². The predicted molar refractivity (Wildman–Crippen MR) is 106 cm³/mol. The van der Waals surface area contributed by atoms with Crippen molar-refractivity contribution in [1.29, 1.82) is 0 Å². The van der Waals surface area contributed by atoms with Gasteiger partial charge in [0.2, 0.25) is 5.91 Å². The lowest BCUT2D eigenvalue weighted by molar-refractivity contribution is -0.120. The number of rotatable bonds is 4. The van der Waals surface area contributed by atoms with Crippen molar-refractivity contribution in [3.8, 4) is 11.1 Å². The monoisotopic (exact) mass is 450 g/mol. The molecule has 4 rings (SSSR count). The summed E-state index contributed by atoms with van der Waals surface area (Å²) < 4.78 is 33.8. The van der Waals surface area contributed by atoms with E-state index in [9.17, 15) is 13.2 Å². The Hall–Kier alpha value is -1.90. The van der Waals surface area contributed by atoms with Crippen molar-refractivity contribution in [2.45, 2.75) is 23.8 Å². The smallest absolute Gasteiger partial charge is 0.265 e. The van der Waals surface area contributed by atoms with Crippen LogP contribution in [0.15, 0.2) is 51.8 Å². The first kappa shape index (κ1) is 18.5. The van der Waals surface area contributed by atoms with Crippen molar-refractivity contribution in [1.82, 2.24) is 5.32 Å². The number of fused-ring (bicyclic) bond motifs is 3. The van der Waals surface area contributed by atoms with E-state index in [1.54, 1.807) is 30.3 Å². The number of carbonyl (C=O) groups is 1. The number of ether oxygens (including phenoxy) is 1. The van der Waals surface area contributed by atoms with Crippen molar-refractivity contribution in [2.24, 2.45) is 0 Å². The van der Waals surface area contributed by atoms with Crippen LogP contribution in [0.4, 0.5) is 5.69 Å². The lowest BCUT2D eigenvalue weighted by Gasteiger charge is -2.31. The van der Waals surface area contributed by atoms with Crippen LogP contribution in [-0.2, 0) is 19.6 Å². The Morgan fingerprint density at radius 3 is 2.81 bits per heavy atom. The second-order valence-electron chi connectivity index (χ2n) is 6.61. The molecule has 142 valence electrons. The van der Waals surface area contributed by atoms with Crippen LogP contribution < -0.4 is 9.62 Å². The second kappa shape index (κ2) is 7.26. The molecule has 1 fully saturated rings. The number of benzene rings is 2. The van der Waals surface area contributed by atoms with Gasteiger partial charge in [-0.1, -0.05) is 34.1 Å². The molecule has 2 aliphatic rings. The number of carbonyl (C=O) groups excluding carboxylic acids is 1. The van der Waals surface area contributed by atoms with Gasteiger partial charge in [-0.05, 0) is 37.1 Å². The molecule has 8 heteroatoms. The highest BCUT2D eigenvalue weighted by Gasteiger charge is 2.36. The maximum atomic E-state index is 13.2. The summed E-state index contributed by atoms with van der Waals surface area (Å²) in [4.78, 5) is 12.7. The molecule has 0 bridgehead atoms. The van der Waals surface area contributed by atoms with Gasteiger partial charge in [-0.2, -0.15) is 0 Å². The molecule has 27 heavy (non-hydrogen) atoms. The highest BCUT2D eigenvalue weighted by molar-refractivity contribution is 9.10. The maximum Gasteiger partial charge on any atom is 0.265 e. The number of amides is 1. The summed E-state index contributed by atoms with van der Waals surface area (Å²) in [6, 6.07) is 12.2. The van der Waals surface area contributed by atoms with E-state index in [1.165, 1.54) is 4.31 Å². The zero-order chi connectivity index (χ0) is 19.0. The normalized spacial score (nSPS) is 20.0. The standard InChI is InChI=1S/C19H19BrN2O4S/c20-13-7-8-17-16(10-13)15-5-1-2-6-18(15)27(24,25)22(17)12-19(23)21-11-14-4-3-9-26-14/h1-2,5-8,10,14H,3-4,9,11-12H2,(H,21,23). The Morgan fingerprint density at radius 1 is 1.22 bits per heavy atom. The topological polar surface area (TPSA) is 75.7 Å². The van der Waals surface area contributed by atoms with Gasteiger partial charge in [0.25, 0.3) is 10.0 Å². The molecule has 1 atom stereocenters. The molecule has 1 unspecified atom stereocenters. The number of sulfonamides is 1. The zero-order valence-corrected chi connectivity index (χ0v) is 16.9. The van der Waals surface area contributed by atoms with Crippen molar-refractivity contribution in [3.05, 3.63) is 46.9 Å². The number of hydrogen-bond donors (Lipinski definition) is 1. The molecule has 2 heterocycles. The molecule has 1 amide bonds. The van der Waals surface area contributed by atoms with E-state index in [2.05, 4.69) is 21.2 Å². The Balaban J connectivity index is 1.65. The minimum absolute atomic E-state index is 0.0101. The first-order chi connectivity index (χ1) is 13.0. The van der Waals surface area contributed by atoms with Crippen LogP contribution in [0.2, 0.25) is 0 Å². The fourth-order valence-electron chi connectivity index (χ4n) is 3.49. The van der Waals surface area contributed by atoms with Gasteiger partial charge in [-0.3, -0.25) is 9.10 Å². The maximum absolute atomic E-state index is 13.2. The van der Waals surface area contributed by atoms with Crippen LogP contribution >= 0.6 is 15.9 Å². The molecule has 2 aliphatic heterocycles. The number of nitrogens with zero attached hydrogens (tertiary/aromatic N) is 1. The molecule has 0 radical (unpaired) electrons. The summed E-state index contributed by atoms with van der Waals surface area (Å²) >= 11 is 3.44. The Morgan fingerprint density at radius 2 is 2.04 bits per heavy atom. The largest absolute Gasteiger partial charge is 0.376 e. The third kappa shape index (κ3) is 3.49. The molecule has 1 N–H and O–H groups in total. The number of nitrogens with one attached hydrogen (secondary N) is 1. The van der Waals surface area contributed by atoms with Crippen LogP contribution in [0, 0.1) is 0 Å². The van der Waals surface area contributed by atoms with E-state index in [4.69, 9.17) is 4.74 Å². The van der Waals surface area contributed by atoms with Crippen LogP contribution in [-0.4, -0.2) is 40.1 Å². The predicted octanol–water partition coefficient (Wildman–Crippen LogP) is 2.92. The molecule has 0 spiro atoms. The fourth-order valence-corrected chi connectivity index (χ4v) is 5.50. The molecule has 0 saturated carbocycles. The number of halogens is 1. The lowest BCUT2D eigenvalue weighted by atomic mass is 10.0. The van der Waals surface area contributed by atoms with Gasteiger partial charge in [0.15, 0.2) is 0 Å². The van der Waals surface area contributed by atoms with Gasteiger partial charge in [0, 0.05) is 28.8 Å². The van der Waals surface area contributed by atoms with E-state index >= 15 is 0 Å². The van der Waals surface area contributed by atoms with Gasteiger partial charge >= 0.3 is 0 Å². The molecule has 2 aromatic rings. The number of hydrogen-bond acceptors (Lipinski definition) is 4. The summed E-state index contributed by atoms with van der Waals surface area (Å²) in [5.74, 6) is -0.345. The second-order valence-corrected chi connectivity index (χ2v) is 9.35. The van der Waals surface area contributed by atoms with E-state index in [1.807, 2.05) is 12.1 Å². The zero-order valence-electron chi connectivity index (χ0n) is 14.5. The quantitative estimate of drug-likeness (QED) is 0.776. The first-order valence-corrected chi connectivity index (χ1v) is 11.0. The van der Waals surface area contributed by atoms with E-state index in [-0.39, 0.29) is 23.5 Å². The summed E-state index contributed by atoms with van der Waals surface area (Å²) in [7, 11) is -3.82. The van der Waals surface area contributed by atoms with Gasteiger partial charge in [0.1, 0.15) is 6.54 Å². The minimum Gasteiger partial charge on any atom is -0.376 e. The van der Waals surface area contributed by atoms with Crippen molar-refractivity contribution in [2.75, 3.05) is 24.0 Å².